The van der Waals surface area contributed by atoms with E-state index in [9.17, 15) is 28.8 Å². The van der Waals surface area contributed by atoms with E-state index in [-0.39, 0.29) is 13.0 Å². The van der Waals surface area contributed by atoms with Crippen molar-refractivity contribution >= 4 is 47.5 Å². The molecule has 14 heteroatoms. The Bertz CT molecular complexity index is 1390. The van der Waals surface area contributed by atoms with Crippen molar-refractivity contribution in [2.75, 3.05) is 6.61 Å². The average molecular weight is 660 g/mol. The summed E-state index contributed by atoms with van der Waals surface area (Å²) in [5.74, 6) is -4.56. The standard InChI is InChI=1S/C32H37NO12S/c1-19(34)33-28-26(42-21(3)36)16-32(46-25-14-10-7-11-15-25,31(39)41-17-24-12-8-6-9-13-24)45-30(28)29(44-23(5)38)27(43-22(4)37)18-40-20(2)35/h6-15,26-30H,16-18H2,1-5H3,(H,33,34)/t26-,27+,28+,29+,30?,32+/m0/s1. The van der Waals surface area contributed by atoms with Gasteiger partial charge < -0.3 is 33.7 Å². The van der Waals surface area contributed by atoms with Crippen LogP contribution < -0.4 is 5.32 Å². The molecule has 0 radical (unpaired) electrons. The van der Waals surface area contributed by atoms with Crippen LogP contribution in [0.15, 0.2) is 65.6 Å². The van der Waals surface area contributed by atoms with E-state index in [1.165, 1.54) is 6.92 Å². The number of benzene rings is 2. The van der Waals surface area contributed by atoms with Crippen molar-refractivity contribution in [1.29, 1.82) is 0 Å². The number of carbonyl (C=O) groups excluding carboxylic acids is 6. The molecule has 2 aromatic rings. The van der Waals surface area contributed by atoms with Crippen molar-refractivity contribution in [3.8, 4) is 0 Å². The summed E-state index contributed by atoms with van der Waals surface area (Å²) >= 11 is 0.957. The molecule has 0 spiro atoms. The maximum absolute atomic E-state index is 14.2. The van der Waals surface area contributed by atoms with Gasteiger partial charge in [0.2, 0.25) is 10.8 Å². The summed E-state index contributed by atoms with van der Waals surface area (Å²) < 4.78 is 34.1. The molecule has 1 aliphatic heterocycles. The van der Waals surface area contributed by atoms with Crippen LogP contribution in [0.2, 0.25) is 0 Å². The molecule has 1 amide bonds. The second kappa shape index (κ2) is 16.8. The lowest BCUT2D eigenvalue weighted by Gasteiger charge is -2.48. The number of nitrogens with one attached hydrogen (secondary N) is 1. The molecule has 1 N–H and O–H groups in total. The number of hydrogen-bond acceptors (Lipinski definition) is 13. The lowest BCUT2D eigenvalue weighted by atomic mass is 9.89. The number of hydrogen-bond donors (Lipinski definition) is 1. The van der Waals surface area contributed by atoms with Gasteiger partial charge in [-0.25, -0.2) is 4.79 Å². The predicted octanol–water partition coefficient (Wildman–Crippen LogP) is 2.87. The topological polar surface area (TPSA) is 170 Å². The summed E-state index contributed by atoms with van der Waals surface area (Å²) in [4.78, 5) is 74.0. The van der Waals surface area contributed by atoms with Gasteiger partial charge in [0, 0.05) is 45.9 Å². The molecule has 0 aromatic heterocycles. The molecule has 1 heterocycles. The third kappa shape index (κ3) is 10.6. The van der Waals surface area contributed by atoms with Gasteiger partial charge in [-0.3, -0.25) is 24.0 Å². The van der Waals surface area contributed by atoms with E-state index in [4.69, 9.17) is 28.4 Å². The first-order chi connectivity index (χ1) is 21.8. The van der Waals surface area contributed by atoms with Crippen LogP contribution in [0.25, 0.3) is 0 Å². The summed E-state index contributed by atoms with van der Waals surface area (Å²) in [5, 5.41) is 2.67. The smallest absolute Gasteiger partial charge is 0.349 e. The molecule has 13 nitrogen and oxygen atoms in total. The Morgan fingerprint density at radius 2 is 1.43 bits per heavy atom. The largest absolute Gasteiger partial charge is 0.462 e. The van der Waals surface area contributed by atoms with Crippen LogP contribution in [0.5, 0.6) is 0 Å². The van der Waals surface area contributed by atoms with Crippen LogP contribution in [0.4, 0.5) is 0 Å². The minimum atomic E-state index is -1.96. The van der Waals surface area contributed by atoms with E-state index in [1.807, 2.05) is 6.07 Å². The van der Waals surface area contributed by atoms with Crippen LogP contribution in [-0.2, 0) is 63.8 Å². The van der Waals surface area contributed by atoms with Crippen molar-refractivity contribution in [1.82, 2.24) is 5.32 Å². The number of rotatable bonds is 13. The zero-order valence-corrected chi connectivity index (χ0v) is 26.9. The van der Waals surface area contributed by atoms with Crippen LogP contribution in [0.3, 0.4) is 0 Å². The van der Waals surface area contributed by atoms with Gasteiger partial charge in [0.1, 0.15) is 25.4 Å². The van der Waals surface area contributed by atoms with Gasteiger partial charge in [-0.05, 0) is 17.7 Å². The Morgan fingerprint density at radius 3 is 1.98 bits per heavy atom. The molecule has 1 unspecified atom stereocenters. The van der Waals surface area contributed by atoms with E-state index < -0.39 is 77.8 Å². The molecule has 3 rings (SSSR count). The SMILES string of the molecule is CC(=O)N[C@H]1C([C@H](OC(C)=O)[C@@H](COC(C)=O)OC(C)=O)O[C@](Sc2ccccc2)(C(=O)OCc2ccccc2)C[C@@H]1OC(C)=O. The highest BCUT2D eigenvalue weighted by Gasteiger charge is 2.59. The van der Waals surface area contributed by atoms with Gasteiger partial charge >= 0.3 is 29.8 Å². The summed E-state index contributed by atoms with van der Waals surface area (Å²) in [6.45, 7) is 4.97. The fourth-order valence-electron chi connectivity index (χ4n) is 4.86. The molecule has 0 saturated carbocycles. The molecule has 6 atom stereocenters. The molecular weight excluding hydrogens is 622 g/mol. The number of carbonyl (C=O) groups is 6. The molecule has 1 aliphatic rings. The maximum Gasteiger partial charge on any atom is 0.349 e. The monoisotopic (exact) mass is 659 g/mol. The summed E-state index contributed by atoms with van der Waals surface area (Å²) in [6, 6.07) is 16.4. The fraction of sp³-hybridized carbons (Fsp3) is 0.438. The second-order valence-electron chi connectivity index (χ2n) is 10.4. The highest BCUT2D eigenvalue weighted by Crippen LogP contribution is 2.46. The Hall–Kier alpha value is -4.43. The zero-order valence-electron chi connectivity index (χ0n) is 26.1. The van der Waals surface area contributed by atoms with Crippen LogP contribution >= 0.6 is 11.8 Å². The molecule has 0 bridgehead atoms. The minimum Gasteiger partial charge on any atom is -0.462 e. The first-order valence-corrected chi connectivity index (χ1v) is 15.2. The van der Waals surface area contributed by atoms with Crippen LogP contribution in [0.1, 0.15) is 46.6 Å². The maximum atomic E-state index is 14.2. The lowest BCUT2D eigenvalue weighted by Crippen LogP contribution is -2.68. The van der Waals surface area contributed by atoms with Crippen molar-refractivity contribution in [3.05, 3.63) is 66.2 Å². The van der Waals surface area contributed by atoms with E-state index in [1.54, 1.807) is 54.6 Å². The number of thioether (sulfide) groups is 1. The fourth-order valence-corrected chi connectivity index (χ4v) is 6.08. The van der Waals surface area contributed by atoms with Crippen molar-refractivity contribution in [3.63, 3.8) is 0 Å². The molecular formula is C32H37NO12S. The van der Waals surface area contributed by atoms with Crippen molar-refractivity contribution in [2.45, 2.75) is 87.9 Å². The Balaban J connectivity index is 2.20. The third-order valence-electron chi connectivity index (χ3n) is 6.55. The lowest BCUT2D eigenvalue weighted by molar-refractivity contribution is -0.225. The normalized spacial score (nSPS) is 21.9. The molecule has 1 saturated heterocycles. The third-order valence-corrected chi connectivity index (χ3v) is 7.82. The summed E-state index contributed by atoms with van der Waals surface area (Å²) in [6.07, 6.45) is -6.14. The first kappa shape index (κ1) is 36.0. The Morgan fingerprint density at radius 1 is 0.826 bits per heavy atom. The number of amides is 1. The molecule has 2 aromatic carbocycles. The Kier molecular flexibility index (Phi) is 13.1. The Labute approximate surface area is 270 Å². The van der Waals surface area contributed by atoms with Crippen LogP contribution in [0, 0.1) is 0 Å². The first-order valence-electron chi connectivity index (χ1n) is 14.3. The van der Waals surface area contributed by atoms with E-state index in [2.05, 4.69) is 5.32 Å². The van der Waals surface area contributed by atoms with Crippen LogP contribution in [-0.4, -0.2) is 77.8 Å². The van der Waals surface area contributed by atoms with Gasteiger partial charge in [0.25, 0.3) is 0 Å². The molecule has 248 valence electrons. The van der Waals surface area contributed by atoms with Gasteiger partial charge in [-0.1, -0.05) is 60.3 Å². The van der Waals surface area contributed by atoms with Gasteiger partial charge in [-0.2, -0.15) is 0 Å². The summed E-state index contributed by atoms with van der Waals surface area (Å²) in [7, 11) is 0. The molecule has 1 fully saturated rings. The quantitative estimate of drug-likeness (QED) is 0.246. The average Bonchev–Trinajstić information content (AvgIpc) is 2.98. The number of esters is 5. The van der Waals surface area contributed by atoms with Gasteiger partial charge in [0.05, 0.1) is 6.04 Å². The highest BCUT2D eigenvalue weighted by molar-refractivity contribution is 8.01. The van der Waals surface area contributed by atoms with Crippen molar-refractivity contribution < 1.29 is 57.2 Å². The molecule has 0 aliphatic carbocycles. The van der Waals surface area contributed by atoms with Gasteiger partial charge in [0.15, 0.2) is 12.2 Å². The van der Waals surface area contributed by atoms with Crippen molar-refractivity contribution in [2.24, 2.45) is 0 Å². The predicted molar refractivity (Wildman–Crippen MR) is 162 cm³/mol. The molecule has 46 heavy (non-hydrogen) atoms. The number of ether oxygens (including phenoxy) is 6. The summed E-state index contributed by atoms with van der Waals surface area (Å²) in [5.41, 5.74) is 0.685. The second-order valence-corrected chi connectivity index (χ2v) is 11.8. The van der Waals surface area contributed by atoms with E-state index in [0.717, 1.165) is 39.5 Å². The zero-order chi connectivity index (χ0) is 33.9. The highest BCUT2D eigenvalue weighted by atomic mass is 32.2. The van der Waals surface area contributed by atoms with E-state index >= 15 is 0 Å². The van der Waals surface area contributed by atoms with E-state index in [0.29, 0.717) is 10.5 Å². The minimum absolute atomic E-state index is 0.131. The van der Waals surface area contributed by atoms with Gasteiger partial charge in [-0.15, -0.1) is 0 Å².